The lowest BCUT2D eigenvalue weighted by Crippen LogP contribution is -2.30. The number of pyridine rings is 1. The molecule has 0 spiro atoms. The normalized spacial score (nSPS) is 15.3. The van der Waals surface area contributed by atoms with Gasteiger partial charge in [-0.25, -0.2) is 24.4 Å². The SMILES string of the molecule is C[C@@H](Nc1ccn2ncc(C3=NCCON3)c2n1)c1cc(F)cnc1OCC(F)(F)F. The molecule has 2 N–H and O–H groups in total. The van der Waals surface area contributed by atoms with E-state index in [1.165, 1.54) is 4.52 Å². The summed E-state index contributed by atoms with van der Waals surface area (Å²) in [4.78, 5) is 17.7. The monoisotopic (exact) mass is 439 g/mol. The second-order valence-electron chi connectivity index (χ2n) is 6.64. The van der Waals surface area contributed by atoms with E-state index < -0.39 is 24.6 Å². The van der Waals surface area contributed by atoms with Crippen LogP contribution in [0.15, 0.2) is 35.7 Å². The van der Waals surface area contributed by atoms with Crippen LogP contribution in [0, 0.1) is 5.82 Å². The maximum Gasteiger partial charge on any atom is 0.422 e. The highest BCUT2D eigenvalue weighted by Crippen LogP contribution is 2.28. The molecule has 164 valence electrons. The maximum atomic E-state index is 13.7. The van der Waals surface area contributed by atoms with Gasteiger partial charge < -0.3 is 10.1 Å². The Kier molecular flexibility index (Phi) is 5.59. The number of hydrogen-bond donors (Lipinski definition) is 2. The Balaban J connectivity index is 1.59. The molecule has 4 heterocycles. The number of aromatic nitrogens is 4. The largest absolute Gasteiger partial charge is 0.468 e. The fourth-order valence-electron chi connectivity index (χ4n) is 2.93. The van der Waals surface area contributed by atoms with Gasteiger partial charge in [0, 0.05) is 11.8 Å². The number of anilines is 1. The highest BCUT2D eigenvalue weighted by Gasteiger charge is 2.29. The van der Waals surface area contributed by atoms with Gasteiger partial charge >= 0.3 is 6.18 Å². The first-order valence-corrected chi connectivity index (χ1v) is 9.19. The average molecular weight is 439 g/mol. The molecule has 1 atom stereocenters. The summed E-state index contributed by atoms with van der Waals surface area (Å²) in [7, 11) is 0. The number of nitrogens with zero attached hydrogens (tertiary/aromatic N) is 5. The zero-order valence-corrected chi connectivity index (χ0v) is 16.1. The number of amidine groups is 1. The first-order valence-electron chi connectivity index (χ1n) is 9.19. The summed E-state index contributed by atoms with van der Waals surface area (Å²) in [6.07, 6.45) is -0.523. The average Bonchev–Trinajstić information content (AvgIpc) is 3.16. The van der Waals surface area contributed by atoms with Gasteiger partial charge in [0.2, 0.25) is 5.88 Å². The molecule has 13 heteroatoms. The third-order valence-corrected chi connectivity index (χ3v) is 4.31. The van der Waals surface area contributed by atoms with Crippen molar-refractivity contribution < 1.29 is 27.1 Å². The quantitative estimate of drug-likeness (QED) is 0.570. The molecule has 0 bridgehead atoms. The van der Waals surface area contributed by atoms with Crippen LogP contribution in [-0.4, -0.2) is 51.4 Å². The van der Waals surface area contributed by atoms with Crippen molar-refractivity contribution in [2.75, 3.05) is 25.1 Å². The van der Waals surface area contributed by atoms with Gasteiger partial charge in [0.1, 0.15) is 11.6 Å². The van der Waals surface area contributed by atoms with Crippen molar-refractivity contribution in [2.24, 2.45) is 4.99 Å². The van der Waals surface area contributed by atoms with E-state index in [2.05, 4.69) is 30.9 Å². The summed E-state index contributed by atoms with van der Waals surface area (Å²) in [5.74, 6) is -0.158. The van der Waals surface area contributed by atoms with Gasteiger partial charge in [-0.15, -0.1) is 0 Å². The second kappa shape index (κ2) is 8.34. The Morgan fingerprint density at radius 2 is 2.19 bits per heavy atom. The van der Waals surface area contributed by atoms with Crippen LogP contribution in [0.4, 0.5) is 23.4 Å². The molecule has 3 aromatic heterocycles. The number of ether oxygens (including phenoxy) is 1. The molecular weight excluding hydrogens is 422 g/mol. The van der Waals surface area contributed by atoms with Gasteiger partial charge in [-0.2, -0.15) is 18.3 Å². The lowest BCUT2D eigenvalue weighted by Gasteiger charge is -2.19. The molecular formula is C18H17F4N7O2. The van der Waals surface area contributed by atoms with Crippen LogP contribution < -0.4 is 15.5 Å². The Morgan fingerprint density at radius 3 is 2.94 bits per heavy atom. The van der Waals surface area contributed by atoms with Gasteiger partial charge in [0.05, 0.1) is 37.2 Å². The molecule has 0 aliphatic carbocycles. The number of rotatable bonds is 6. The molecule has 9 nitrogen and oxygen atoms in total. The van der Waals surface area contributed by atoms with E-state index in [9.17, 15) is 17.6 Å². The molecule has 31 heavy (non-hydrogen) atoms. The Morgan fingerprint density at radius 1 is 1.35 bits per heavy atom. The van der Waals surface area contributed by atoms with Crippen molar-refractivity contribution in [3.8, 4) is 5.88 Å². The predicted molar refractivity (Wildman–Crippen MR) is 101 cm³/mol. The van der Waals surface area contributed by atoms with E-state index >= 15 is 0 Å². The summed E-state index contributed by atoms with van der Waals surface area (Å²) >= 11 is 0. The molecule has 0 fully saturated rings. The number of halogens is 4. The fourth-order valence-corrected chi connectivity index (χ4v) is 2.93. The summed E-state index contributed by atoms with van der Waals surface area (Å²) in [6, 6.07) is 2.02. The number of nitrogens with one attached hydrogen (secondary N) is 2. The predicted octanol–water partition coefficient (Wildman–Crippen LogP) is 2.66. The van der Waals surface area contributed by atoms with Crippen LogP contribution in [0.25, 0.3) is 5.65 Å². The number of aliphatic imine (C=N–C) groups is 1. The molecule has 0 radical (unpaired) electrons. The number of hydrogen-bond acceptors (Lipinski definition) is 8. The fraction of sp³-hybridized carbons (Fsp3) is 0.333. The van der Waals surface area contributed by atoms with Crippen molar-refractivity contribution in [3.63, 3.8) is 0 Å². The smallest absolute Gasteiger partial charge is 0.422 e. The van der Waals surface area contributed by atoms with E-state index in [-0.39, 0.29) is 11.4 Å². The standard InChI is InChI=1S/C18H17F4N7O2/c1-10(12-6-11(19)7-24-17(12)30-9-18(20,21)22)26-14-2-4-29-16(27-14)13(8-25-29)15-23-3-5-31-28-15/h2,4,6-8,10H,3,5,9H2,1H3,(H,23,28)(H,26,27)/t10-/m1/s1. The van der Waals surface area contributed by atoms with Crippen molar-refractivity contribution in [1.29, 1.82) is 0 Å². The lowest BCUT2D eigenvalue weighted by molar-refractivity contribution is -0.154. The first kappa shape index (κ1) is 20.8. The zero-order chi connectivity index (χ0) is 22.0. The Hall–Kier alpha value is -3.48. The topological polar surface area (TPSA) is 98.0 Å². The lowest BCUT2D eigenvalue weighted by atomic mass is 10.1. The molecule has 0 unspecified atom stereocenters. The maximum absolute atomic E-state index is 13.7. The van der Waals surface area contributed by atoms with E-state index in [1.54, 1.807) is 25.4 Å². The molecule has 0 amide bonds. The third kappa shape index (κ3) is 4.82. The zero-order valence-electron chi connectivity index (χ0n) is 16.1. The van der Waals surface area contributed by atoms with Gasteiger partial charge in [-0.1, -0.05) is 0 Å². The Bertz CT molecular complexity index is 1120. The minimum absolute atomic E-state index is 0.117. The van der Waals surface area contributed by atoms with E-state index in [4.69, 9.17) is 9.57 Å². The highest BCUT2D eigenvalue weighted by molar-refractivity contribution is 6.03. The van der Waals surface area contributed by atoms with Crippen LogP contribution in [0.5, 0.6) is 5.88 Å². The molecule has 3 aromatic rings. The van der Waals surface area contributed by atoms with Gasteiger partial charge in [-0.3, -0.25) is 9.83 Å². The third-order valence-electron chi connectivity index (χ3n) is 4.31. The number of hydroxylamine groups is 1. The molecule has 4 rings (SSSR count). The summed E-state index contributed by atoms with van der Waals surface area (Å²) in [5, 5.41) is 7.23. The van der Waals surface area contributed by atoms with Crippen LogP contribution >= 0.6 is 0 Å². The molecule has 1 aliphatic rings. The molecule has 1 aliphatic heterocycles. The summed E-state index contributed by atoms with van der Waals surface area (Å²) in [6.45, 7) is 1.02. The second-order valence-corrected chi connectivity index (χ2v) is 6.64. The van der Waals surface area contributed by atoms with Crippen molar-refractivity contribution in [1.82, 2.24) is 25.1 Å². The molecule has 0 saturated heterocycles. The minimum atomic E-state index is -4.55. The van der Waals surface area contributed by atoms with Gasteiger partial charge in [0.25, 0.3) is 0 Å². The van der Waals surface area contributed by atoms with Crippen LogP contribution in [0.1, 0.15) is 24.1 Å². The number of fused-ring (bicyclic) bond motifs is 1. The highest BCUT2D eigenvalue weighted by atomic mass is 19.4. The van der Waals surface area contributed by atoms with Crippen LogP contribution in [0.2, 0.25) is 0 Å². The summed E-state index contributed by atoms with van der Waals surface area (Å²) in [5.41, 5.74) is 3.92. The summed E-state index contributed by atoms with van der Waals surface area (Å²) < 4.78 is 57.6. The van der Waals surface area contributed by atoms with E-state index in [1.807, 2.05) is 0 Å². The van der Waals surface area contributed by atoms with Gasteiger partial charge in [0.15, 0.2) is 18.1 Å². The van der Waals surface area contributed by atoms with Crippen LogP contribution in [0.3, 0.4) is 0 Å². The van der Waals surface area contributed by atoms with Crippen molar-refractivity contribution in [2.45, 2.75) is 19.1 Å². The Labute approximate surface area is 173 Å². The van der Waals surface area contributed by atoms with Crippen LogP contribution in [-0.2, 0) is 4.84 Å². The minimum Gasteiger partial charge on any atom is -0.468 e. The van der Waals surface area contributed by atoms with Crippen molar-refractivity contribution in [3.05, 3.63) is 47.7 Å². The molecule has 0 aromatic carbocycles. The molecule has 0 saturated carbocycles. The van der Waals surface area contributed by atoms with E-state index in [0.717, 1.165) is 12.3 Å². The van der Waals surface area contributed by atoms with Gasteiger partial charge in [-0.05, 0) is 19.1 Å². The first-order chi connectivity index (χ1) is 14.8. The van der Waals surface area contributed by atoms with Crippen molar-refractivity contribution >= 4 is 17.3 Å². The number of alkyl halides is 3. The van der Waals surface area contributed by atoms with E-state index in [0.29, 0.717) is 36.0 Å².